The molecule has 2 N–H and O–H groups in total. The average molecular weight is 451 g/mol. The van der Waals surface area contributed by atoms with E-state index < -0.39 is 0 Å². The Morgan fingerprint density at radius 2 is 1.94 bits per heavy atom. The summed E-state index contributed by atoms with van der Waals surface area (Å²) < 4.78 is 0. The summed E-state index contributed by atoms with van der Waals surface area (Å²) in [6.45, 7) is 1.30. The highest BCUT2D eigenvalue weighted by Gasteiger charge is 2.42. The van der Waals surface area contributed by atoms with Crippen molar-refractivity contribution in [2.24, 2.45) is 17.1 Å². The van der Waals surface area contributed by atoms with Gasteiger partial charge in [0, 0.05) is 23.8 Å². The van der Waals surface area contributed by atoms with Crippen molar-refractivity contribution in [3.05, 3.63) is 83.2 Å². The molecule has 0 saturated heterocycles. The number of carbonyl (C=O) groups excluding carboxylic acids is 1. The van der Waals surface area contributed by atoms with Crippen molar-refractivity contribution in [1.29, 1.82) is 0 Å². The van der Waals surface area contributed by atoms with Crippen LogP contribution >= 0.6 is 11.6 Å². The van der Waals surface area contributed by atoms with E-state index in [4.69, 9.17) is 17.3 Å². The molecule has 0 radical (unpaired) electrons. The third-order valence-electron chi connectivity index (χ3n) is 7.16. The maximum Gasteiger partial charge on any atom is 0.274 e. The Morgan fingerprint density at radius 3 is 2.59 bits per heavy atom. The molecule has 1 atom stereocenters. The van der Waals surface area contributed by atoms with E-state index in [1.54, 1.807) is 18.3 Å². The Labute approximate surface area is 195 Å². The van der Waals surface area contributed by atoms with Gasteiger partial charge in [-0.05, 0) is 80.2 Å². The molecular formula is C26H31ClN4O. The van der Waals surface area contributed by atoms with Crippen LogP contribution in [-0.2, 0) is 6.42 Å². The summed E-state index contributed by atoms with van der Waals surface area (Å²) in [5.74, 6) is 0.322. The van der Waals surface area contributed by atoms with E-state index in [-0.39, 0.29) is 17.4 Å². The van der Waals surface area contributed by atoms with Crippen LogP contribution in [-0.4, -0.2) is 40.1 Å². The van der Waals surface area contributed by atoms with Gasteiger partial charge in [-0.1, -0.05) is 54.1 Å². The van der Waals surface area contributed by atoms with Crippen molar-refractivity contribution < 1.29 is 4.79 Å². The number of benzene rings is 1. The molecule has 1 saturated carbocycles. The van der Waals surface area contributed by atoms with Crippen molar-refractivity contribution in [1.82, 2.24) is 15.1 Å². The van der Waals surface area contributed by atoms with Crippen molar-refractivity contribution in [3.8, 4) is 0 Å². The van der Waals surface area contributed by atoms with Gasteiger partial charge in [0.1, 0.15) is 0 Å². The molecule has 0 aliphatic heterocycles. The first-order valence-electron chi connectivity index (χ1n) is 11.5. The molecule has 0 spiro atoms. The number of allylic oxidation sites excluding steroid dienone is 4. The minimum Gasteiger partial charge on any atom is -0.334 e. The van der Waals surface area contributed by atoms with Crippen LogP contribution in [0.25, 0.3) is 0 Å². The lowest BCUT2D eigenvalue weighted by Gasteiger charge is -2.47. The monoisotopic (exact) mass is 450 g/mol. The Balaban J connectivity index is 1.49. The highest BCUT2D eigenvalue weighted by Crippen LogP contribution is 2.47. The van der Waals surface area contributed by atoms with Gasteiger partial charge in [-0.2, -0.15) is 5.10 Å². The number of rotatable bonds is 7. The van der Waals surface area contributed by atoms with E-state index in [1.807, 2.05) is 29.2 Å². The molecule has 2 aromatic rings. The van der Waals surface area contributed by atoms with Gasteiger partial charge in [-0.3, -0.25) is 4.79 Å². The van der Waals surface area contributed by atoms with Crippen molar-refractivity contribution in [2.45, 2.75) is 44.6 Å². The largest absolute Gasteiger partial charge is 0.334 e. The van der Waals surface area contributed by atoms with E-state index >= 15 is 0 Å². The molecule has 5 nitrogen and oxygen atoms in total. The number of hydrogen-bond donors (Lipinski definition) is 1. The highest BCUT2D eigenvalue weighted by atomic mass is 35.5. The van der Waals surface area contributed by atoms with E-state index in [1.165, 1.54) is 5.56 Å². The summed E-state index contributed by atoms with van der Waals surface area (Å²) in [6.07, 6.45) is 13.4. The first-order chi connectivity index (χ1) is 15.6. The lowest BCUT2D eigenvalue weighted by Crippen LogP contribution is -2.49. The first kappa shape index (κ1) is 22.7. The van der Waals surface area contributed by atoms with E-state index in [0.29, 0.717) is 24.7 Å². The quantitative estimate of drug-likeness (QED) is 0.660. The fourth-order valence-corrected chi connectivity index (χ4v) is 5.42. The minimum absolute atomic E-state index is 0.0391. The molecule has 4 rings (SSSR count). The lowest BCUT2D eigenvalue weighted by molar-refractivity contribution is 0.0451. The number of halogens is 1. The number of amides is 1. The predicted octanol–water partition coefficient (Wildman–Crippen LogP) is 4.75. The molecule has 1 fully saturated rings. The third kappa shape index (κ3) is 5.11. The van der Waals surface area contributed by atoms with Crippen molar-refractivity contribution >= 4 is 17.5 Å². The van der Waals surface area contributed by atoms with Gasteiger partial charge in [0.25, 0.3) is 5.91 Å². The third-order valence-corrected chi connectivity index (χ3v) is 7.44. The van der Waals surface area contributed by atoms with Gasteiger partial charge >= 0.3 is 0 Å². The summed E-state index contributed by atoms with van der Waals surface area (Å²) in [6, 6.07) is 14.0. The number of aromatic nitrogens is 2. The molecule has 1 unspecified atom stereocenters. The van der Waals surface area contributed by atoms with Crippen LogP contribution in [0.4, 0.5) is 0 Å². The van der Waals surface area contributed by atoms with Crippen LogP contribution in [0.3, 0.4) is 0 Å². The van der Waals surface area contributed by atoms with Crippen molar-refractivity contribution in [2.75, 3.05) is 13.1 Å². The molecule has 1 heterocycles. The number of carbonyl (C=O) groups is 1. The van der Waals surface area contributed by atoms with Crippen LogP contribution in [0.15, 0.2) is 71.9 Å². The van der Waals surface area contributed by atoms with Gasteiger partial charge in [0.15, 0.2) is 5.69 Å². The van der Waals surface area contributed by atoms with Crippen LogP contribution in [0.2, 0.25) is 0 Å². The average Bonchev–Trinajstić information content (AvgIpc) is 2.85. The normalized spacial score (nSPS) is 25.2. The molecule has 6 heteroatoms. The van der Waals surface area contributed by atoms with Gasteiger partial charge in [0.05, 0.1) is 0 Å². The molecular weight excluding hydrogens is 420 g/mol. The number of nitrogens with two attached hydrogens (primary N) is 1. The fourth-order valence-electron chi connectivity index (χ4n) is 5.18. The Kier molecular flexibility index (Phi) is 7.38. The minimum atomic E-state index is -0.0391. The summed E-state index contributed by atoms with van der Waals surface area (Å²) >= 11 is 6.34. The van der Waals surface area contributed by atoms with Crippen LogP contribution in [0, 0.1) is 11.3 Å². The smallest absolute Gasteiger partial charge is 0.274 e. The van der Waals surface area contributed by atoms with Gasteiger partial charge in [-0.15, -0.1) is 5.10 Å². The lowest BCUT2D eigenvalue weighted by atomic mass is 9.63. The fraction of sp³-hybridized carbons (Fsp3) is 0.423. The van der Waals surface area contributed by atoms with Crippen LogP contribution in [0.1, 0.15) is 48.2 Å². The zero-order chi connectivity index (χ0) is 22.4. The second-order valence-corrected chi connectivity index (χ2v) is 9.44. The maximum absolute atomic E-state index is 13.4. The predicted molar refractivity (Wildman–Crippen MR) is 128 cm³/mol. The Hall–Kier alpha value is -2.50. The van der Waals surface area contributed by atoms with Gasteiger partial charge < -0.3 is 10.6 Å². The molecule has 1 aromatic carbocycles. The van der Waals surface area contributed by atoms with E-state index in [0.717, 1.165) is 43.6 Å². The molecule has 2 aliphatic rings. The Bertz CT molecular complexity index is 952. The summed E-state index contributed by atoms with van der Waals surface area (Å²) in [4.78, 5) is 15.4. The zero-order valence-corrected chi connectivity index (χ0v) is 19.1. The van der Waals surface area contributed by atoms with Gasteiger partial charge in [0.2, 0.25) is 0 Å². The molecule has 32 heavy (non-hydrogen) atoms. The second kappa shape index (κ2) is 10.4. The first-order valence-corrected chi connectivity index (χ1v) is 11.8. The SMILES string of the molecule is NC[C@]1(C2C=CC=C(Cl)C2)CC[C@@H](N(CCc2ccccc2)C(=O)c2cccnn2)CC1. The highest BCUT2D eigenvalue weighted by molar-refractivity contribution is 6.29. The van der Waals surface area contributed by atoms with Crippen molar-refractivity contribution in [3.63, 3.8) is 0 Å². The standard InChI is InChI=1S/C26H31ClN4O/c27-22-9-4-8-21(18-22)26(19-28)14-11-23(12-15-26)31(17-13-20-6-2-1-3-7-20)25(32)24-10-5-16-29-30-24/h1-10,16,21,23H,11-15,17-19,28H2/t21?,23-,26+. The van der Waals surface area contributed by atoms with Crippen LogP contribution in [0.5, 0.6) is 0 Å². The Morgan fingerprint density at radius 1 is 1.16 bits per heavy atom. The molecule has 0 bridgehead atoms. The molecule has 168 valence electrons. The molecule has 2 aliphatic carbocycles. The van der Waals surface area contributed by atoms with E-state index in [9.17, 15) is 4.79 Å². The summed E-state index contributed by atoms with van der Waals surface area (Å²) in [5.41, 5.74) is 8.00. The molecule has 1 amide bonds. The summed E-state index contributed by atoms with van der Waals surface area (Å²) in [5, 5.41) is 8.90. The number of hydrogen-bond acceptors (Lipinski definition) is 4. The van der Waals surface area contributed by atoms with Crippen LogP contribution < -0.4 is 5.73 Å². The maximum atomic E-state index is 13.4. The second-order valence-electron chi connectivity index (χ2n) is 8.95. The zero-order valence-electron chi connectivity index (χ0n) is 18.4. The topological polar surface area (TPSA) is 72.1 Å². The molecule has 1 aromatic heterocycles. The number of nitrogens with zero attached hydrogens (tertiary/aromatic N) is 3. The summed E-state index contributed by atoms with van der Waals surface area (Å²) in [7, 11) is 0. The van der Waals surface area contributed by atoms with Gasteiger partial charge in [-0.25, -0.2) is 0 Å². The van der Waals surface area contributed by atoms with E-state index in [2.05, 4.69) is 34.5 Å².